The first-order valence-electron chi connectivity index (χ1n) is 5.58. The van der Waals surface area contributed by atoms with Crippen molar-refractivity contribution in [3.63, 3.8) is 0 Å². The largest absolute Gasteiger partial charge is 0.458 e. The van der Waals surface area contributed by atoms with Gasteiger partial charge in [-0.25, -0.2) is 4.79 Å². The number of benzene rings is 1. The maximum absolute atomic E-state index is 11.8. The Bertz CT molecular complexity index is 440. The van der Waals surface area contributed by atoms with Crippen LogP contribution in [0.25, 0.3) is 0 Å². The van der Waals surface area contributed by atoms with Crippen molar-refractivity contribution < 1.29 is 9.53 Å². The molecule has 0 aliphatic carbocycles. The molecule has 2 atom stereocenters. The Balaban J connectivity index is 2.67. The molecule has 0 radical (unpaired) electrons. The minimum absolute atomic E-state index is 0.0798. The summed E-state index contributed by atoms with van der Waals surface area (Å²) in [5.74, 6) is -0.0201. The fraction of sp³-hybridized carbons (Fsp3) is 0.462. The molecule has 0 N–H and O–H groups in total. The number of ether oxygens (including phenoxy) is 1. The number of carbonyl (C=O) groups excluding carboxylic acids is 1. The van der Waals surface area contributed by atoms with E-state index < -0.39 is 0 Å². The fourth-order valence-electron chi connectivity index (χ4n) is 2.26. The standard InChI is InChI=1S/C13H15ClO2/c1-4-9-11(14)6-5-10-12(9)7(2)8(3)16-13(10)15/h5-8H,4H2,1-3H3/t7-,8+/m1/s1. The zero-order valence-electron chi connectivity index (χ0n) is 9.71. The summed E-state index contributed by atoms with van der Waals surface area (Å²) < 4.78 is 5.28. The van der Waals surface area contributed by atoms with Crippen LogP contribution in [0.3, 0.4) is 0 Å². The summed E-state index contributed by atoms with van der Waals surface area (Å²) >= 11 is 6.17. The van der Waals surface area contributed by atoms with E-state index in [9.17, 15) is 4.79 Å². The molecule has 16 heavy (non-hydrogen) atoms. The predicted octanol–water partition coefficient (Wildman–Crippen LogP) is 3.56. The van der Waals surface area contributed by atoms with Gasteiger partial charge in [0.15, 0.2) is 0 Å². The Morgan fingerprint density at radius 1 is 1.38 bits per heavy atom. The Labute approximate surface area is 101 Å². The van der Waals surface area contributed by atoms with Crippen molar-refractivity contribution in [3.05, 3.63) is 33.8 Å². The first-order chi connectivity index (χ1) is 7.56. The van der Waals surface area contributed by atoms with Crippen molar-refractivity contribution in [2.45, 2.75) is 39.2 Å². The second kappa shape index (κ2) is 4.10. The first-order valence-corrected chi connectivity index (χ1v) is 5.96. The van der Waals surface area contributed by atoms with E-state index >= 15 is 0 Å². The summed E-state index contributed by atoms with van der Waals surface area (Å²) in [6, 6.07) is 3.55. The van der Waals surface area contributed by atoms with E-state index in [0.29, 0.717) is 5.56 Å². The third-order valence-corrected chi connectivity index (χ3v) is 3.68. The van der Waals surface area contributed by atoms with Crippen LogP contribution in [0, 0.1) is 0 Å². The predicted molar refractivity (Wildman–Crippen MR) is 64.1 cm³/mol. The van der Waals surface area contributed by atoms with Gasteiger partial charge in [-0.05, 0) is 36.6 Å². The van der Waals surface area contributed by atoms with Crippen LogP contribution in [-0.4, -0.2) is 12.1 Å². The molecule has 0 aromatic heterocycles. The molecule has 3 heteroatoms. The van der Waals surface area contributed by atoms with Crippen molar-refractivity contribution in [2.24, 2.45) is 0 Å². The third-order valence-electron chi connectivity index (χ3n) is 3.33. The SMILES string of the molecule is CCc1c(Cl)ccc2c1[C@H](C)[C@H](C)OC2=O. The second-order valence-corrected chi connectivity index (χ2v) is 4.65. The summed E-state index contributed by atoms with van der Waals surface area (Å²) in [6.45, 7) is 6.05. The molecule has 0 spiro atoms. The van der Waals surface area contributed by atoms with E-state index in [4.69, 9.17) is 16.3 Å². The van der Waals surface area contributed by atoms with E-state index in [2.05, 4.69) is 13.8 Å². The number of rotatable bonds is 1. The second-order valence-electron chi connectivity index (χ2n) is 4.24. The number of hydrogen-bond acceptors (Lipinski definition) is 2. The van der Waals surface area contributed by atoms with Gasteiger partial charge in [-0.15, -0.1) is 0 Å². The van der Waals surface area contributed by atoms with E-state index in [-0.39, 0.29) is 18.0 Å². The minimum atomic E-state index is -0.230. The topological polar surface area (TPSA) is 26.3 Å². The van der Waals surface area contributed by atoms with Gasteiger partial charge in [0.05, 0.1) is 5.56 Å². The maximum Gasteiger partial charge on any atom is 0.338 e. The highest BCUT2D eigenvalue weighted by Crippen LogP contribution is 2.36. The average molecular weight is 239 g/mol. The molecule has 2 rings (SSSR count). The molecule has 0 saturated carbocycles. The summed E-state index contributed by atoms with van der Waals surface area (Å²) in [5, 5.41) is 0.745. The lowest BCUT2D eigenvalue weighted by Crippen LogP contribution is -2.29. The molecule has 2 nitrogen and oxygen atoms in total. The van der Waals surface area contributed by atoms with Crippen molar-refractivity contribution in [3.8, 4) is 0 Å². The van der Waals surface area contributed by atoms with E-state index in [0.717, 1.165) is 22.6 Å². The number of cyclic esters (lactones) is 1. The van der Waals surface area contributed by atoms with Gasteiger partial charge in [-0.3, -0.25) is 0 Å². The van der Waals surface area contributed by atoms with Gasteiger partial charge in [-0.2, -0.15) is 0 Å². The smallest absolute Gasteiger partial charge is 0.338 e. The van der Waals surface area contributed by atoms with E-state index in [1.807, 2.05) is 6.92 Å². The Morgan fingerprint density at radius 2 is 2.06 bits per heavy atom. The van der Waals surface area contributed by atoms with Crippen LogP contribution in [0.1, 0.15) is 48.2 Å². The monoisotopic (exact) mass is 238 g/mol. The van der Waals surface area contributed by atoms with Crippen molar-refractivity contribution in [2.75, 3.05) is 0 Å². The molecule has 1 heterocycles. The highest BCUT2D eigenvalue weighted by Gasteiger charge is 2.32. The van der Waals surface area contributed by atoms with Gasteiger partial charge < -0.3 is 4.74 Å². The van der Waals surface area contributed by atoms with Gasteiger partial charge in [0, 0.05) is 10.9 Å². The lowest BCUT2D eigenvalue weighted by Gasteiger charge is -2.30. The normalized spacial score (nSPS) is 23.9. The first kappa shape index (κ1) is 11.5. The van der Waals surface area contributed by atoms with Gasteiger partial charge in [0.2, 0.25) is 0 Å². The summed E-state index contributed by atoms with van der Waals surface area (Å²) in [6.07, 6.45) is 0.760. The molecule has 86 valence electrons. The molecule has 0 saturated heterocycles. The average Bonchev–Trinajstić information content (AvgIpc) is 2.25. The van der Waals surface area contributed by atoms with Crippen LogP contribution in [-0.2, 0) is 11.2 Å². The molecule has 0 fully saturated rings. The lowest BCUT2D eigenvalue weighted by molar-refractivity contribution is 0.0240. The summed E-state index contributed by atoms with van der Waals surface area (Å²) in [7, 11) is 0. The van der Waals surface area contributed by atoms with Crippen LogP contribution in [0.4, 0.5) is 0 Å². The summed E-state index contributed by atoms with van der Waals surface area (Å²) in [5.41, 5.74) is 2.82. The van der Waals surface area contributed by atoms with Crippen molar-refractivity contribution in [1.82, 2.24) is 0 Å². The zero-order chi connectivity index (χ0) is 11.9. The van der Waals surface area contributed by atoms with E-state index in [1.54, 1.807) is 12.1 Å². The van der Waals surface area contributed by atoms with E-state index in [1.165, 1.54) is 0 Å². The van der Waals surface area contributed by atoms with Gasteiger partial charge in [-0.1, -0.05) is 25.4 Å². The number of hydrogen-bond donors (Lipinski definition) is 0. The zero-order valence-corrected chi connectivity index (χ0v) is 10.5. The summed E-state index contributed by atoms with van der Waals surface area (Å²) in [4.78, 5) is 11.8. The molecule has 1 aromatic carbocycles. The fourth-order valence-corrected chi connectivity index (χ4v) is 2.56. The molecule has 1 aromatic rings. The Hall–Kier alpha value is -1.02. The molecular weight excluding hydrogens is 224 g/mol. The Morgan fingerprint density at radius 3 is 2.69 bits per heavy atom. The van der Waals surface area contributed by atoms with Crippen LogP contribution in [0.5, 0.6) is 0 Å². The molecule has 1 aliphatic rings. The third kappa shape index (κ3) is 1.61. The molecular formula is C13H15ClO2. The van der Waals surface area contributed by atoms with Crippen LogP contribution in [0.2, 0.25) is 5.02 Å². The van der Waals surface area contributed by atoms with Gasteiger partial charge >= 0.3 is 5.97 Å². The minimum Gasteiger partial charge on any atom is -0.458 e. The van der Waals surface area contributed by atoms with Crippen LogP contribution in [0.15, 0.2) is 12.1 Å². The number of halogens is 1. The lowest BCUT2D eigenvalue weighted by atomic mass is 9.85. The van der Waals surface area contributed by atoms with Gasteiger partial charge in [0.25, 0.3) is 0 Å². The number of esters is 1. The number of fused-ring (bicyclic) bond motifs is 1. The van der Waals surface area contributed by atoms with Crippen LogP contribution < -0.4 is 0 Å². The molecule has 0 unspecified atom stereocenters. The molecule has 0 bridgehead atoms. The van der Waals surface area contributed by atoms with Gasteiger partial charge in [0.1, 0.15) is 6.10 Å². The maximum atomic E-state index is 11.8. The molecule has 0 amide bonds. The molecule has 1 aliphatic heterocycles. The van der Waals surface area contributed by atoms with Crippen molar-refractivity contribution in [1.29, 1.82) is 0 Å². The van der Waals surface area contributed by atoms with Crippen molar-refractivity contribution >= 4 is 17.6 Å². The quantitative estimate of drug-likeness (QED) is 0.700. The highest BCUT2D eigenvalue weighted by molar-refractivity contribution is 6.31. The van der Waals surface area contributed by atoms with Crippen LogP contribution >= 0.6 is 11.6 Å². The number of carbonyl (C=O) groups is 1. The Kier molecular flexibility index (Phi) is 2.94. The highest BCUT2D eigenvalue weighted by atomic mass is 35.5.